The first-order valence-electron chi connectivity index (χ1n) is 8.13. The summed E-state index contributed by atoms with van der Waals surface area (Å²) < 4.78 is 19.0. The largest absolute Gasteiger partial charge is 0.487 e. The van der Waals surface area contributed by atoms with Crippen LogP contribution in [0.15, 0.2) is 42.5 Å². The number of aliphatic hydroxyl groups excluding tert-OH is 1. The number of halogens is 1. The third-order valence-corrected chi connectivity index (χ3v) is 4.68. The number of ether oxygens (including phenoxy) is 1. The van der Waals surface area contributed by atoms with Crippen molar-refractivity contribution in [1.29, 1.82) is 0 Å². The fourth-order valence-corrected chi connectivity index (χ4v) is 3.36. The maximum Gasteiger partial charge on any atom is 0.261 e. The molecule has 0 radical (unpaired) electrons. The van der Waals surface area contributed by atoms with E-state index in [4.69, 9.17) is 4.74 Å². The number of benzene rings is 2. The van der Waals surface area contributed by atoms with Gasteiger partial charge in [-0.3, -0.25) is 14.5 Å². The fourth-order valence-electron chi connectivity index (χ4n) is 3.36. The van der Waals surface area contributed by atoms with Gasteiger partial charge in [0.25, 0.3) is 11.8 Å². The van der Waals surface area contributed by atoms with Gasteiger partial charge in [-0.05, 0) is 48.7 Å². The summed E-state index contributed by atoms with van der Waals surface area (Å²) in [5.74, 6) is -0.609. The van der Waals surface area contributed by atoms with Crippen LogP contribution in [0.3, 0.4) is 0 Å². The Kier molecular flexibility index (Phi) is 3.77. The monoisotopic (exact) mass is 341 g/mol. The molecule has 2 aromatic carbocycles. The highest BCUT2D eigenvalue weighted by Gasteiger charge is 2.38. The van der Waals surface area contributed by atoms with Gasteiger partial charge < -0.3 is 9.84 Å². The Balaban J connectivity index is 1.48. The van der Waals surface area contributed by atoms with Crippen LogP contribution in [0.4, 0.5) is 4.39 Å². The van der Waals surface area contributed by atoms with Crippen molar-refractivity contribution in [3.8, 4) is 5.75 Å². The average molecular weight is 341 g/mol. The van der Waals surface area contributed by atoms with Crippen LogP contribution in [0.5, 0.6) is 5.75 Å². The number of carbonyl (C=O) groups excluding carboxylic acids is 2. The minimum absolute atomic E-state index is 0.131. The summed E-state index contributed by atoms with van der Waals surface area (Å²) in [5.41, 5.74) is 1.46. The smallest absolute Gasteiger partial charge is 0.261 e. The molecule has 2 amide bonds. The van der Waals surface area contributed by atoms with Gasteiger partial charge in [0.2, 0.25) is 0 Å². The first kappa shape index (κ1) is 15.8. The van der Waals surface area contributed by atoms with E-state index >= 15 is 0 Å². The van der Waals surface area contributed by atoms with Gasteiger partial charge in [-0.1, -0.05) is 12.1 Å². The van der Waals surface area contributed by atoms with Crippen molar-refractivity contribution in [2.45, 2.75) is 25.0 Å². The Bertz CT molecular complexity index is 831. The Morgan fingerprint density at radius 1 is 1.16 bits per heavy atom. The van der Waals surface area contributed by atoms with Gasteiger partial charge in [-0.25, -0.2) is 4.39 Å². The number of imide groups is 1. The van der Waals surface area contributed by atoms with E-state index in [1.807, 2.05) is 0 Å². The molecule has 0 aromatic heterocycles. The van der Waals surface area contributed by atoms with E-state index in [2.05, 4.69) is 0 Å². The number of carbonyl (C=O) groups is 2. The molecule has 0 saturated carbocycles. The van der Waals surface area contributed by atoms with E-state index < -0.39 is 24.0 Å². The summed E-state index contributed by atoms with van der Waals surface area (Å²) >= 11 is 0. The predicted molar refractivity (Wildman–Crippen MR) is 87.0 cm³/mol. The van der Waals surface area contributed by atoms with Crippen LogP contribution < -0.4 is 4.74 Å². The number of rotatable bonds is 3. The second kappa shape index (κ2) is 5.97. The number of aryl methyl sites for hydroxylation is 1. The maximum absolute atomic E-state index is 13.3. The van der Waals surface area contributed by atoms with Crippen LogP contribution in [0.25, 0.3) is 0 Å². The van der Waals surface area contributed by atoms with Crippen molar-refractivity contribution in [3.63, 3.8) is 0 Å². The lowest BCUT2D eigenvalue weighted by molar-refractivity contribution is 0.00552. The van der Waals surface area contributed by atoms with Crippen molar-refractivity contribution in [2.75, 3.05) is 6.54 Å². The zero-order chi connectivity index (χ0) is 17.6. The highest BCUT2D eigenvalue weighted by Crippen LogP contribution is 2.30. The van der Waals surface area contributed by atoms with Crippen molar-refractivity contribution in [1.82, 2.24) is 4.90 Å². The summed E-state index contributed by atoms with van der Waals surface area (Å²) in [4.78, 5) is 25.8. The molecule has 2 atom stereocenters. The Hall–Kier alpha value is -2.73. The minimum atomic E-state index is -1.01. The van der Waals surface area contributed by atoms with Crippen molar-refractivity contribution in [3.05, 3.63) is 65.0 Å². The number of hydrogen-bond donors (Lipinski definition) is 1. The van der Waals surface area contributed by atoms with E-state index in [1.54, 1.807) is 24.3 Å². The van der Waals surface area contributed by atoms with Crippen LogP contribution in [-0.4, -0.2) is 40.6 Å². The van der Waals surface area contributed by atoms with Crippen LogP contribution in [0.2, 0.25) is 0 Å². The third-order valence-electron chi connectivity index (χ3n) is 4.68. The average Bonchev–Trinajstić information content (AvgIpc) is 2.86. The predicted octanol–water partition coefficient (Wildman–Crippen LogP) is 2.18. The second-order valence-electron chi connectivity index (χ2n) is 6.28. The first-order chi connectivity index (χ1) is 12.0. The van der Waals surface area contributed by atoms with Gasteiger partial charge in [0, 0.05) is 0 Å². The zero-order valence-corrected chi connectivity index (χ0v) is 13.3. The number of β-amino-alcohol motifs (C(OH)–C–C–N with tert-alkyl or cyclic N) is 1. The van der Waals surface area contributed by atoms with Crippen molar-refractivity contribution >= 4 is 11.8 Å². The molecule has 0 unspecified atom stereocenters. The summed E-state index contributed by atoms with van der Waals surface area (Å²) in [6.45, 7) is -0.131. The maximum atomic E-state index is 13.3. The van der Waals surface area contributed by atoms with E-state index in [1.165, 1.54) is 18.2 Å². The molecule has 2 aliphatic heterocycles. The summed E-state index contributed by atoms with van der Waals surface area (Å²) in [6, 6.07) is 10.9. The third kappa shape index (κ3) is 2.68. The molecular formula is C19H16FNO4. The Labute approximate surface area is 143 Å². The summed E-state index contributed by atoms with van der Waals surface area (Å²) in [6.07, 6.45) is -0.514. The van der Waals surface area contributed by atoms with Gasteiger partial charge in [-0.2, -0.15) is 0 Å². The molecule has 25 heavy (non-hydrogen) atoms. The van der Waals surface area contributed by atoms with E-state index in [0.29, 0.717) is 29.7 Å². The summed E-state index contributed by atoms with van der Waals surface area (Å²) in [5, 5.41) is 10.5. The molecule has 128 valence electrons. The number of aliphatic hydroxyl groups is 1. The van der Waals surface area contributed by atoms with Gasteiger partial charge in [0.15, 0.2) is 0 Å². The normalized spacial score (nSPS) is 20.1. The van der Waals surface area contributed by atoms with Crippen molar-refractivity contribution < 1.29 is 23.8 Å². The highest BCUT2D eigenvalue weighted by molar-refractivity contribution is 6.21. The highest BCUT2D eigenvalue weighted by atomic mass is 19.1. The minimum Gasteiger partial charge on any atom is -0.487 e. The fraction of sp³-hybridized carbons (Fsp3) is 0.263. The Morgan fingerprint density at radius 2 is 1.84 bits per heavy atom. The quantitative estimate of drug-likeness (QED) is 0.869. The molecule has 1 N–H and O–H groups in total. The lowest BCUT2D eigenvalue weighted by Gasteiger charge is -2.31. The van der Waals surface area contributed by atoms with E-state index in [-0.39, 0.29) is 12.4 Å². The molecule has 4 rings (SSSR count). The zero-order valence-electron chi connectivity index (χ0n) is 13.3. The number of amides is 2. The van der Waals surface area contributed by atoms with Gasteiger partial charge >= 0.3 is 0 Å². The summed E-state index contributed by atoms with van der Waals surface area (Å²) in [7, 11) is 0. The number of hydrogen-bond acceptors (Lipinski definition) is 4. The topological polar surface area (TPSA) is 66.8 Å². The standard InChI is InChI=1S/C19H16FNO4/c20-12-6-8-16-11(9-12)5-7-17(25-16)15(22)10-21-18(23)13-3-1-2-4-14(13)19(21)24/h1-4,6,8-9,15,17,22H,5,7,10H2/t15-,17-/m1/s1. The number of nitrogens with zero attached hydrogens (tertiary/aromatic N) is 1. The van der Waals surface area contributed by atoms with Gasteiger partial charge in [-0.15, -0.1) is 0 Å². The SMILES string of the molecule is O=C1c2ccccc2C(=O)N1C[C@@H](O)[C@H]1CCc2cc(F)ccc2O1. The number of fused-ring (bicyclic) bond motifs is 2. The van der Waals surface area contributed by atoms with Crippen molar-refractivity contribution in [2.24, 2.45) is 0 Å². The molecule has 5 nitrogen and oxygen atoms in total. The van der Waals surface area contributed by atoms with Crippen LogP contribution in [0, 0.1) is 5.82 Å². The molecule has 0 spiro atoms. The van der Waals surface area contributed by atoms with Gasteiger partial charge in [0.05, 0.1) is 17.7 Å². The molecule has 2 heterocycles. The second-order valence-corrected chi connectivity index (χ2v) is 6.28. The molecule has 2 aromatic rings. The van der Waals surface area contributed by atoms with E-state index in [0.717, 1.165) is 10.5 Å². The van der Waals surface area contributed by atoms with Gasteiger partial charge in [0.1, 0.15) is 23.8 Å². The molecular weight excluding hydrogens is 325 g/mol. The van der Waals surface area contributed by atoms with E-state index in [9.17, 15) is 19.1 Å². The molecule has 0 fully saturated rings. The molecule has 2 aliphatic rings. The Morgan fingerprint density at radius 3 is 2.52 bits per heavy atom. The lowest BCUT2D eigenvalue weighted by Crippen LogP contribution is -2.45. The molecule has 0 aliphatic carbocycles. The van der Waals surface area contributed by atoms with Crippen LogP contribution in [-0.2, 0) is 6.42 Å². The van der Waals surface area contributed by atoms with Crippen LogP contribution in [0.1, 0.15) is 32.7 Å². The molecule has 6 heteroatoms. The lowest BCUT2D eigenvalue weighted by atomic mass is 9.98. The van der Waals surface area contributed by atoms with Crippen LogP contribution >= 0.6 is 0 Å². The first-order valence-corrected chi connectivity index (χ1v) is 8.13. The molecule has 0 saturated heterocycles. The molecule has 0 bridgehead atoms.